The van der Waals surface area contributed by atoms with E-state index in [-0.39, 0.29) is 24.3 Å². The number of hydrogen-bond acceptors (Lipinski definition) is 6. The Balaban J connectivity index is 1.15. The molecule has 10 heteroatoms. The smallest absolute Gasteiger partial charge is 0.281 e. The summed E-state index contributed by atoms with van der Waals surface area (Å²) >= 11 is 0. The predicted octanol–water partition coefficient (Wildman–Crippen LogP) is 2.63. The first kappa shape index (κ1) is 28.5. The molecule has 0 unspecified atom stereocenters. The standard InChI is InChI=1S/C35H39N5O5/c1-20(2)34(37-31(41)23-16-25-24-11-7-12-26-30(24)22(18-36-26)17-27(25)38(3)19-23)33(43)40-28(15-21-9-5-4-6-10-21)32(42)39-14-8-13-29(39)35(40,44)45-34/h4-7,9-12,16,18,20,23,27-29,36,44H,8,13-15,17,19H2,1-3H3,(H,37,41)/t23-,27+,28-,29-,34+,35-/m0/s1. The van der Waals surface area contributed by atoms with Crippen LogP contribution in [0.25, 0.3) is 16.5 Å². The number of likely N-dealkylation sites (N-methyl/N-ethyl adjacent to an activating group) is 1. The monoisotopic (exact) mass is 609 g/mol. The van der Waals surface area contributed by atoms with Gasteiger partial charge in [-0.1, -0.05) is 62.4 Å². The molecule has 0 saturated carbocycles. The third-order valence-electron chi connectivity index (χ3n) is 10.8. The SMILES string of the molecule is CC(C)[C@@]1(NC(=O)[C@H]2C=C3c4cccc5[nH]cc(c45)C[C@H]3N(C)C2)O[C@@]2(O)[C@@H]3CCCN3C(=O)[C@H](Cc3ccccc3)N2C1=O. The Morgan fingerprint density at radius 1 is 1.16 bits per heavy atom. The molecule has 3 saturated heterocycles. The van der Waals surface area contributed by atoms with Crippen molar-refractivity contribution in [2.24, 2.45) is 11.8 Å². The number of amides is 3. The summed E-state index contributed by atoms with van der Waals surface area (Å²) in [5.74, 6) is -4.27. The number of nitrogens with zero attached hydrogens (tertiary/aromatic N) is 3. The molecule has 2 aromatic carbocycles. The van der Waals surface area contributed by atoms with Crippen LogP contribution in [0, 0.1) is 11.8 Å². The Morgan fingerprint density at radius 2 is 1.96 bits per heavy atom. The molecule has 3 N–H and O–H groups in total. The fourth-order valence-corrected chi connectivity index (χ4v) is 8.47. The number of aromatic amines is 1. The lowest BCUT2D eigenvalue weighted by Crippen LogP contribution is -2.71. The summed E-state index contributed by atoms with van der Waals surface area (Å²) in [6.07, 6.45) is 6.40. The summed E-state index contributed by atoms with van der Waals surface area (Å²) in [7, 11) is 2.03. The highest BCUT2D eigenvalue weighted by Gasteiger charge is 2.72. The summed E-state index contributed by atoms with van der Waals surface area (Å²) in [4.78, 5) is 51.2. The van der Waals surface area contributed by atoms with Crippen LogP contribution in [-0.4, -0.2) is 92.4 Å². The molecule has 10 nitrogen and oxygen atoms in total. The number of nitrogens with one attached hydrogen (secondary N) is 2. The Bertz CT molecular complexity index is 1750. The Labute approximate surface area is 262 Å². The molecule has 3 amide bonds. The van der Waals surface area contributed by atoms with Crippen LogP contribution < -0.4 is 5.32 Å². The van der Waals surface area contributed by atoms with Gasteiger partial charge in [-0.05, 0) is 54.6 Å². The average Bonchev–Trinajstić information content (AvgIpc) is 3.74. The number of carbonyl (C=O) groups is 3. The Morgan fingerprint density at radius 3 is 2.73 bits per heavy atom. The van der Waals surface area contributed by atoms with Gasteiger partial charge < -0.3 is 20.3 Å². The van der Waals surface area contributed by atoms with E-state index in [0.29, 0.717) is 25.9 Å². The third-order valence-corrected chi connectivity index (χ3v) is 10.8. The number of rotatable bonds is 5. The number of carbonyl (C=O) groups excluding carboxylic acids is 3. The Kier molecular flexibility index (Phi) is 6.33. The molecule has 1 aromatic heterocycles. The van der Waals surface area contributed by atoms with Crippen molar-refractivity contribution in [3.05, 3.63) is 77.5 Å². The van der Waals surface area contributed by atoms with Gasteiger partial charge in [-0.25, -0.2) is 0 Å². The molecule has 3 aromatic rings. The third kappa shape index (κ3) is 4.01. The molecule has 0 radical (unpaired) electrons. The van der Waals surface area contributed by atoms with Gasteiger partial charge in [0.1, 0.15) is 12.1 Å². The van der Waals surface area contributed by atoms with E-state index in [1.165, 1.54) is 15.8 Å². The second kappa shape index (κ2) is 10.0. The largest absolute Gasteiger partial charge is 0.361 e. The van der Waals surface area contributed by atoms with E-state index in [2.05, 4.69) is 33.5 Å². The summed E-state index contributed by atoms with van der Waals surface area (Å²) in [5.41, 5.74) is 3.59. The van der Waals surface area contributed by atoms with Crippen molar-refractivity contribution < 1.29 is 24.2 Å². The lowest BCUT2D eigenvalue weighted by atomic mass is 9.79. The zero-order chi connectivity index (χ0) is 31.2. The molecule has 6 atom stereocenters. The highest BCUT2D eigenvalue weighted by molar-refractivity contribution is 6.01. The summed E-state index contributed by atoms with van der Waals surface area (Å²) in [6.45, 7) is 4.56. The lowest BCUT2D eigenvalue weighted by Gasteiger charge is -2.48. The first-order valence-electron chi connectivity index (χ1n) is 16.1. The normalized spacial score (nSPS) is 32.5. The van der Waals surface area contributed by atoms with Gasteiger partial charge in [0.05, 0.1) is 5.92 Å². The van der Waals surface area contributed by atoms with Crippen LogP contribution in [0.2, 0.25) is 0 Å². The highest BCUT2D eigenvalue weighted by atomic mass is 16.7. The molecule has 8 rings (SSSR count). The highest BCUT2D eigenvalue weighted by Crippen LogP contribution is 2.48. The van der Waals surface area contributed by atoms with Gasteiger partial charge >= 0.3 is 0 Å². The van der Waals surface area contributed by atoms with Gasteiger partial charge in [-0.2, -0.15) is 0 Å². The first-order chi connectivity index (χ1) is 21.6. The van der Waals surface area contributed by atoms with Crippen molar-refractivity contribution >= 4 is 34.2 Å². The van der Waals surface area contributed by atoms with Gasteiger partial charge in [-0.15, -0.1) is 0 Å². The summed E-state index contributed by atoms with van der Waals surface area (Å²) < 4.78 is 6.49. The van der Waals surface area contributed by atoms with Crippen molar-refractivity contribution in [3.8, 4) is 0 Å². The van der Waals surface area contributed by atoms with E-state index in [1.807, 2.05) is 49.5 Å². The number of fused-ring (bicyclic) bond motifs is 5. The lowest BCUT2D eigenvalue weighted by molar-refractivity contribution is -0.321. The summed E-state index contributed by atoms with van der Waals surface area (Å²) in [5, 5.41) is 16.5. The maximum Gasteiger partial charge on any atom is 0.281 e. The minimum absolute atomic E-state index is 0.138. The van der Waals surface area contributed by atoms with Crippen LogP contribution >= 0.6 is 0 Å². The second-order valence-corrected chi connectivity index (χ2v) is 13.6. The van der Waals surface area contributed by atoms with E-state index < -0.39 is 41.5 Å². The van der Waals surface area contributed by atoms with E-state index >= 15 is 0 Å². The molecular formula is C35H39N5O5. The number of hydrogen-bond donors (Lipinski definition) is 3. The van der Waals surface area contributed by atoms with Gasteiger partial charge in [0.25, 0.3) is 11.8 Å². The molecular weight excluding hydrogens is 570 g/mol. The van der Waals surface area contributed by atoms with Gasteiger partial charge in [0, 0.05) is 48.6 Å². The zero-order valence-corrected chi connectivity index (χ0v) is 25.8. The van der Waals surface area contributed by atoms with Crippen LogP contribution in [0.5, 0.6) is 0 Å². The van der Waals surface area contributed by atoms with Gasteiger partial charge in [0.15, 0.2) is 0 Å². The van der Waals surface area contributed by atoms with Crippen molar-refractivity contribution in [3.63, 3.8) is 0 Å². The maximum atomic E-state index is 14.6. The minimum atomic E-state index is -2.06. The van der Waals surface area contributed by atoms with Crippen molar-refractivity contribution in [1.82, 2.24) is 25.0 Å². The van der Waals surface area contributed by atoms with E-state index in [1.54, 1.807) is 18.7 Å². The van der Waals surface area contributed by atoms with Crippen LogP contribution in [0.3, 0.4) is 0 Å². The number of benzene rings is 2. The molecule has 1 aliphatic carbocycles. The first-order valence-corrected chi connectivity index (χ1v) is 16.1. The molecule has 4 aliphatic heterocycles. The van der Waals surface area contributed by atoms with Crippen LogP contribution in [-0.2, 0) is 32.0 Å². The van der Waals surface area contributed by atoms with Gasteiger partial charge in [-0.3, -0.25) is 28.9 Å². The molecule has 0 spiro atoms. The predicted molar refractivity (Wildman–Crippen MR) is 167 cm³/mol. The second-order valence-electron chi connectivity index (χ2n) is 13.6. The van der Waals surface area contributed by atoms with E-state index in [9.17, 15) is 19.5 Å². The molecule has 5 heterocycles. The van der Waals surface area contributed by atoms with Crippen LogP contribution in [0.1, 0.15) is 43.4 Å². The molecule has 45 heavy (non-hydrogen) atoms. The van der Waals surface area contributed by atoms with Crippen LogP contribution in [0.15, 0.2) is 60.8 Å². The van der Waals surface area contributed by atoms with Crippen molar-refractivity contribution in [2.45, 2.75) is 69.3 Å². The van der Waals surface area contributed by atoms with E-state index in [0.717, 1.165) is 28.6 Å². The van der Waals surface area contributed by atoms with Gasteiger partial charge in [0.2, 0.25) is 17.5 Å². The number of piperazine rings is 1. The minimum Gasteiger partial charge on any atom is -0.361 e. The van der Waals surface area contributed by atoms with Crippen molar-refractivity contribution in [1.29, 1.82) is 0 Å². The topological polar surface area (TPSA) is 118 Å². The molecule has 5 aliphatic rings. The fourth-order valence-electron chi connectivity index (χ4n) is 8.47. The number of aliphatic hydroxyl groups is 1. The number of aromatic nitrogens is 1. The summed E-state index contributed by atoms with van der Waals surface area (Å²) in [6, 6.07) is 14.2. The molecule has 234 valence electrons. The maximum absolute atomic E-state index is 14.6. The fraction of sp³-hybridized carbons (Fsp3) is 0.457. The van der Waals surface area contributed by atoms with Crippen LogP contribution in [0.4, 0.5) is 0 Å². The molecule has 0 bridgehead atoms. The zero-order valence-electron chi connectivity index (χ0n) is 25.8. The number of H-pyrrole nitrogens is 1. The van der Waals surface area contributed by atoms with E-state index in [4.69, 9.17) is 4.74 Å². The Hall–Kier alpha value is -3.99. The quantitative estimate of drug-likeness (QED) is 0.410. The number of ether oxygens (including phenoxy) is 1. The average molecular weight is 610 g/mol. The van der Waals surface area contributed by atoms with Crippen molar-refractivity contribution in [2.75, 3.05) is 20.1 Å². The molecule has 3 fully saturated rings.